The number of nitrogen functional groups attached to an aromatic ring is 1. The molecule has 2 aromatic rings. The van der Waals surface area contributed by atoms with Crippen molar-refractivity contribution in [3.63, 3.8) is 0 Å². The number of nitrogens with two attached hydrogens (primary N) is 1. The van der Waals surface area contributed by atoms with E-state index in [0.717, 1.165) is 38.5 Å². The quantitative estimate of drug-likeness (QED) is 0.872. The van der Waals surface area contributed by atoms with Gasteiger partial charge in [-0.25, -0.2) is 4.98 Å². The Morgan fingerprint density at radius 1 is 1.29 bits per heavy atom. The summed E-state index contributed by atoms with van der Waals surface area (Å²) in [7, 11) is 0. The number of rotatable bonds is 6. The van der Waals surface area contributed by atoms with Gasteiger partial charge in [-0.2, -0.15) is 0 Å². The van der Waals surface area contributed by atoms with Crippen molar-refractivity contribution in [3.05, 3.63) is 40.9 Å². The summed E-state index contributed by atoms with van der Waals surface area (Å²) >= 11 is 1.59. The van der Waals surface area contributed by atoms with Crippen molar-refractivity contribution in [1.29, 1.82) is 0 Å². The largest absolute Gasteiger partial charge is 0.494 e. The van der Waals surface area contributed by atoms with Gasteiger partial charge in [0.1, 0.15) is 5.75 Å². The van der Waals surface area contributed by atoms with E-state index < -0.39 is 0 Å². The third-order valence-corrected chi connectivity index (χ3v) is 5.26. The third kappa shape index (κ3) is 4.26. The molecule has 0 aliphatic carbocycles. The normalized spacial score (nSPS) is 19.5. The maximum absolute atomic E-state index is 5.75. The van der Waals surface area contributed by atoms with Crippen LogP contribution in [0.2, 0.25) is 0 Å². The van der Waals surface area contributed by atoms with Crippen LogP contribution >= 0.6 is 11.3 Å². The average molecular weight is 347 g/mol. The van der Waals surface area contributed by atoms with E-state index in [4.69, 9.17) is 10.5 Å². The molecule has 1 saturated heterocycles. The Bertz CT molecular complexity index is 660. The first-order valence-corrected chi connectivity index (χ1v) is 9.34. The van der Waals surface area contributed by atoms with Gasteiger partial charge >= 0.3 is 0 Å². The summed E-state index contributed by atoms with van der Waals surface area (Å²) in [6.07, 6.45) is 1.90. The lowest BCUT2D eigenvalue weighted by Crippen LogP contribution is -2.50. The molecule has 1 aliphatic heterocycles. The smallest absolute Gasteiger partial charge is 0.180 e. The molecule has 0 radical (unpaired) electrons. The SMILES string of the molecule is CCOc1ccccc1CN1CCN(Cc2cnc(N)s2)C(C)C1. The van der Waals surface area contributed by atoms with Gasteiger partial charge in [-0.1, -0.05) is 18.2 Å². The molecule has 6 heteroatoms. The lowest BCUT2D eigenvalue weighted by atomic mass is 10.1. The second-order valence-electron chi connectivity index (χ2n) is 6.26. The van der Waals surface area contributed by atoms with Crippen LogP contribution in [0.3, 0.4) is 0 Å². The average Bonchev–Trinajstić information content (AvgIpc) is 2.97. The second-order valence-corrected chi connectivity index (χ2v) is 7.41. The predicted octanol–water partition coefficient (Wildman–Crippen LogP) is 2.83. The number of ether oxygens (including phenoxy) is 1. The summed E-state index contributed by atoms with van der Waals surface area (Å²) in [4.78, 5) is 10.4. The van der Waals surface area contributed by atoms with Gasteiger partial charge in [0.25, 0.3) is 0 Å². The zero-order chi connectivity index (χ0) is 16.9. The van der Waals surface area contributed by atoms with Gasteiger partial charge in [-0.05, 0) is 19.9 Å². The van der Waals surface area contributed by atoms with Crippen LogP contribution in [0.4, 0.5) is 5.13 Å². The number of hydrogen-bond acceptors (Lipinski definition) is 6. The number of benzene rings is 1. The lowest BCUT2D eigenvalue weighted by molar-refractivity contribution is 0.0734. The van der Waals surface area contributed by atoms with Gasteiger partial charge in [-0.15, -0.1) is 11.3 Å². The highest BCUT2D eigenvalue weighted by Gasteiger charge is 2.24. The van der Waals surface area contributed by atoms with Crippen molar-refractivity contribution >= 4 is 16.5 Å². The van der Waals surface area contributed by atoms with E-state index in [9.17, 15) is 0 Å². The number of thiazole rings is 1. The maximum atomic E-state index is 5.75. The van der Waals surface area contributed by atoms with Crippen molar-refractivity contribution in [2.45, 2.75) is 33.0 Å². The summed E-state index contributed by atoms with van der Waals surface area (Å²) in [6.45, 7) is 10.1. The molecule has 1 aromatic heterocycles. The van der Waals surface area contributed by atoms with Crippen LogP contribution in [0.1, 0.15) is 24.3 Å². The molecule has 3 rings (SSSR count). The monoisotopic (exact) mass is 346 g/mol. The minimum absolute atomic E-state index is 0.515. The highest BCUT2D eigenvalue weighted by molar-refractivity contribution is 7.15. The van der Waals surface area contributed by atoms with E-state index in [2.05, 4.69) is 39.9 Å². The van der Waals surface area contributed by atoms with E-state index in [-0.39, 0.29) is 0 Å². The Kier molecular flexibility index (Phi) is 5.71. The Hall–Kier alpha value is -1.63. The Morgan fingerprint density at radius 3 is 2.83 bits per heavy atom. The number of anilines is 1. The number of piperazine rings is 1. The van der Waals surface area contributed by atoms with Gasteiger partial charge in [-0.3, -0.25) is 9.80 Å². The van der Waals surface area contributed by atoms with E-state index in [1.54, 1.807) is 11.3 Å². The van der Waals surface area contributed by atoms with Crippen LogP contribution in [0, 0.1) is 0 Å². The summed E-state index contributed by atoms with van der Waals surface area (Å²) in [5.41, 5.74) is 7.01. The van der Waals surface area contributed by atoms with Crippen LogP contribution in [0.5, 0.6) is 5.75 Å². The molecule has 2 N–H and O–H groups in total. The number of aromatic nitrogens is 1. The number of para-hydroxylation sites is 1. The molecular formula is C18H26N4OS. The molecule has 1 aromatic carbocycles. The van der Waals surface area contributed by atoms with Crippen molar-refractivity contribution in [2.24, 2.45) is 0 Å². The summed E-state index contributed by atoms with van der Waals surface area (Å²) in [5, 5.41) is 0.656. The van der Waals surface area contributed by atoms with Crippen molar-refractivity contribution in [2.75, 3.05) is 32.0 Å². The van der Waals surface area contributed by atoms with E-state index in [1.165, 1.54) is 10.4 Å². The highest BCUT2D eigenvalue weighted by atomic mass is 32.1. The molecule has 0 spiro atoms. The molecule has 1 unspecified atom stereocenters. The third-order valence-electron chi connectivity index (χ3n) is 4.45. The Morgan fingerprint density at radius 2 is 2.12 bits per heavy atom. The number of hydrogen-bond donors (Lipinski definition) is 1. The minimum atomic E-state index is 0.515. The summed E-state index contributed by atoms with van der Waals surface area (Å²) in [6, 6.07) is 8.87. The zero-order valence-electron chi connectivity index (χ0n) is 14.4. The molecule has 5 nitrogen and oxygen atoms in total. The summed E-state index contributed by atoms with van der Waals surface area (Å²) in [5.74, 6) is 1.01. The molecule has 24 heavy (non-hydrogen) atoms. The van der Waals surface area contributed by atoms with Crippen molar-refractivity contribution in [1.82, 2.24) is 14.8 Å². The van der Waals surface area contributed by atoms with Crippen LogP contribution < -0.4 is 10.5 Å². The maximum Gasteiger partial charge on any atom is 0.180 e. The van der Waals surface area contributed by atoms with E-state index in [1.807, 2.05) is 19.2 Å². The molecule has 1 aliphatic rings. The fraction of sp³-hybridized carbons (Fsp3) is 0.500. The van der Waals surface area contributed by atoms with E-state index in [0.29, 0.717) is 17.8 Å². The second kappa shape index (κ2) is 7.96. The topological polar surface area (TPSA) is 54.6 Å². The van der Waals surface area contributed by atoms with Gasteiger partial charge in [0.05, 0.1) is 6.61 Å². The fourth-order valence-electron chi connectivity index (χ4n) is 3.22. The van der Waals surface area contributed by atoms with Crippen LogP contribution in [-0.4, -0.2) is 47.1 Å². The molecule has 0 saturated carbocycles. The van der Waals surface area contributed by atoms with Crippen molar-refractivity contribution in [3.8, 4) is 5.75 Å². The van der Waals surface area contributed by atoms with Crippen LogP contribution in [0.15, 0.2) is 30.5 Å². The molecule has 0 amide bonds. The fourth-order valence-corrected chi connectivity index (χ4v) is 3.93. The molecular weight excluding hydrogens is 320 g/mol. The predicted molar refractivity (Wildman–Crippen MR) is 99.3 cm³/mol. The standard InChI is InChI=1S/C18H26N4OS/c1-3-23-17-7-5-4-6-15(17)12-21-8-9-22(14(2)11-21)13-16-10-20-18(19)24-16/h4-7,10,14H,3,8-9,11-13H2,1-2H3,(H2,19,20). The highest BCUT2D eigenvalue weighted by Crippen LogP contribution is 2.23. The zero-order valence-corrected chi connectivity index (χ0v) is 15.3. The molecule has 130 valence electrons. The lowest BCUT2D eigenvalue weighted by Gasteiger charge is -2.39. The first-order valence-electron chi connectivity index (χ1n) is 8.53. The van der Waals surface area contributed by atoms with Gasteiger partial charge in [0.15, 0.2) is 5.13 Å². The molecule has 1 fully saturated rings. The Balaban J connectivity index is 1.57. The number of nitrogens with zero attached hydrogens (tertiary/aromatic N) is 3. The van der Waals surface area contributed by atoms with Gasteiger partial charge in [0.2, 0.25) is 0 Å². The van der Waals surface area contributed by atoms with Gasteiger partial charge in [0, 0.05) is 55.4 Å². The molecule has 0 bridgehead atoms. The first kappa shape index (κ1) is 17.2. The molecule has 1 atom stereocenters. The first-order chi connectivity index (χ1) is 11.7. The summed E-state index contributed by atoms with van der Waals surface area (Å²) < 4.78 is 5.75. The molecule has 2 heterocycles. The van der Waals surface area contributed by atoms with Gasteiger partial charge < -0.3 is 10.5 Å². The van der Waals surface area contributed by atoms with Crippen molar-refractivity contribution < 1.29 is 4.74 Å². The minimum Gasteiger partial charge on any atom is -0.494 e. The van der Waals surface area contributed by atoms with E-state index >= 15 is 0 Å². The Labute approximate surface area is 148 Å². The van der Waals surface area contributed by atoms with Crippen LogP contribution in [-0.2, 0) is 13.1 Å². The van der Waals surface area contributed by atoms with Crippen LogP contribution in [0.25, 0.3) is 0 Å².